The molecule has 0 amide bonds. The smallest absolute Gasteiger partial charge is 0.0319 e. The zero-order valence-corrected chi connectivity index (χ0v) is 7.39. The molecule has 12 heavy (non-hydrogen) atoms. The van der Waals surface area contributed by atoms with Gasteiger partial charge in [-0.05, 0) is 36.1 Å². The monoisotopic (exact) mass is 165 g/mol. The summed E-state index contributed by atoms with van der Waals surface area (Å²) in [4.78, 5) is 0. The summed E-state index contributed by atoms with van der Waals surface area (Å²) in [5, 5.41) is 0. The van der Waals surface area contributed by atoms with Gasteiger partial charge < -0.3 is 5.73 Å². The van der Waals surface area contributed by atoms with Gasteiger partial charge in [0.2, 0.25) is 0 Å². The summed E-state index contributed by atoms with van der Waals surface area (Å²) in [5.41, 5.74) is 9.13. The fourth-order valence-corrected chi connectivity index (χ4v) is 1.18. The summed E-state index contributed by atoms with van der Waals surface area (Å²) in [6.07, 6.45) is 0. The topological polar surface area (TPSA) is 26.0 Å². The first-order chi connectivity index (χ1) is 5.09. The summed E-state index contributed by atoms with van der Waals surface area (Å²) in [6.45, 7) is 6.42. The van der Waals surface area contributed by atoms with Gasteiger partial charge in [-0.2, -0.15) is 0 Å². The van der Waals surface area contributed by atoms with Crippen molar-refractivity contribution < 1.29 is 0 Å². The third kappa shape index (κ3) is 2.57. The Morgan fingerprint density at radius 3 is 2.17 bits per heavy atom. The minimum absolute atomic E-state index is 0. The van der Waals surface area contributed by atoms with Crippen molar-refractivity contribution >= 4 is 5.69 Å². The number of hydrogen-bond donors (Lipinski definition) is 1. The Kier molecular flexibility index (Phi) is 3.81. The number of nitrogen functional groups attached to an aromatic ring is 1. The van der Waals surface area contributed by atoms with Crippen LogP contribution in [-0.2, 0) is 0 Å². The molecule has 0 atom stereocenters. The second-order valence-electron chi connectivity index (χ2n) is 3.33. The van der Waals surface area contributed by atoms with Gasteiger partial charge in [0.25, 0.3) is 0 Å². The zero-order chi connectivity index (χ0) is 8.43. The highest BCUT2D eigenvalue weighted by atomic mass is 14.5. The SMILES string of the molecule is C.Cc1cc(N)cc(C(C)C)c1. The van der Waals surface area contributed by atoms with Gasteiger partial charge in [0, 0.05) is 5.69 Å². The Balaban J connectivity index is 0.00000121. The molecule has 0 aliphatic rings. The molecule has 1 rings (SSSR count). The van der Waals surface area contributed by atoms with Crippen molar-refractivity contribution in [3.8, 4) is 0 Å². The third-order valence-electron chi connectivity index (χ3n) is 1.79. The third-order valence-corrected chi connectivity index (χ3v) is 1.79. The first-order valence-corrected chi connectivity index (χ1v) is 3.96. The molecule has 1 heteroatoms. The molecule has 68 valence electrons. The van der Waals surface area contributed by atoms with E-state index in [1.165, 1.54) is 11.1 Å². The summed E-state index contributed by atoms with van der Waals surface area (Å²) in [7, 11) is 0. The van der Waals surface area contributed by atoms with Crippen LogP contribution in [0.25, 0.3) is 0 Å². The number of anilines is 1. The van der Waals surface area contributed by atoms with Crippen LogP contribution in [0.15, 0.2) is 18.2 Å². The highest BCUT2D eigenvalue weighted by Crippen LogP contribution is 2.18. The average molecular weight is 165 g/mol. The highest BCUT2D eigenvalue weighted by Gasteiger charge is 1.99. The molecule has 0 heterocycles. The van der Waals surface area contributed by atoms with Gasteiger partial charge in [0.15, 0.2) is 0 Å². The molecular formula is C11H19N. The van der Waals surface area contributed by atoms with Crippen LogP contribution in [-0.4, -0.2) is 0 Å². The molecule has 0 radical (unpaired) electrons. The summed E-state index contributed by atoms with van der Waals surface area (Å²) in [6, 6.07) is 6.21. The molecule has 2 N–H and O–H groups in total. The molecule has 0 aliphatic carbocycles. The molecule has 1 nitrogen and oxygen atoms in total. The van der Waals surface area contributed by atoms with E-state index >= 15 is 0 Å². The Labute approximate surface area is 75.6 Å². The van der Waals surface area contributed by atoms with Crippen molar-refractivity contribution in [3.05, 3.63) is 29.3 Å². The van der Waals surface area contributed by atoms with E-state index in [1.807, 2.05) is 12.1 Å². The van der Waals surface area contributed by atoms with E-state index in [2.05, 4.69) is 26.8 Å². The van der Waals surface area contributed by atoms with Crippen LogP contribution in [0.5, 0.6) is 0 Å². The lowest BCUT2D eigenvalue weighted by molar-refractivity contribution is 0.865. The van der Waals surface area contributed by atoms with Crippen LogP contribution in [0.2, 0.25) is 0 Å². The highest BCUT2D eigenvalue weighted by molar-refractivity contribution is 5.45. The van der Waals surface area contributed by atoms with Gasteiger partial charge >= 0.3 is 0 Å². The van der Waals surface area contributed by atoms with Crippen molar-refractivity contribution in [2.45, 2.75) is 34.1 Å². The summed E-state index contributed by atoms with van der Waals surface area (Å²) in [5.74, 6) is 0.567. The molecular weight excluding hydrogens is 146 g/mol. The van der Waals surface area contributed by atoms with Crippen LogP contribution in [0.1, 0.15) is 38.3 Å². The van der Waals surface area contributed by atoms with E-state index in [0.717, 1.165) is 5.69 Å². The standard InChI is InChI=1S/C10H15N.CH4/c1-7(2)9-4-8(3)5-10(11)6-9;/h4-7H,11H2,1-3H3;1H4. The second kappa shape index (κ2) is 4.15. The minimum Gasteiger partial charge on any atom is -0.399 e. The van der Waals surface area contributed by atoms with Gasteiger partial charge in [-0.15, -0.1) is 0 Å². The summed E-state index contributed by atoms with van der Waals surface area (Å²) < 4.78 is 0. The largest absolute Gasteiger partial charge is 0.399 e. The Morgan fingerprint density at radius 2 is 1.75 bits per heavy atom. The van der Waals surface area contributed by atoms with Crippen molar-refractivity contribution in [2.24, 2.45) is 0 Å². The van der Waals surface area contributed by atoms with Crippen LogP contribution in [0.3, 0.4) is 0 Å². The van der Waals surface area contributed by atoms with E-state index in [4.69, 9.17) is 5.73 Å². The second-order valence-corrected chi connectivity index (χ2v) is 3.33. The van der Waals surface area contributed by atoms with E-state index in [9.17, 15) is 0 Å². The molecule has 1 aromatic carbocycles. The molecule has 0 fully saturated rings. The van der Waals surface area contributed by atoms with Gasteiger partial charge in [0.1, 0.15) is 0 Å². The number of aryl methyl sites for hydroxylation is 1. The lowest BCUT2D eigenvalue weighted by Crippen LogP contribution is -1.92. The fraction of sp³-hybridized carbons (Fsp3) is 0.455. The first-order valence-electron chi connectivity index (χ1n) is 3.96. The lowest BCUT2D eigenvalue weighted by atomic mass is 10.0. The van der Waals surface area contributed by atoms with Crippen LogP contribution < -0.4 is 5.73 Å². The van der Waals surface area contributed by atoms with Crippen LogP contribution in [0, 0.1) is 6.92 Å². The predicted octanol–water partition coefficient (Wildman–Crippen LogP) is 3.34. The molecule has 0 aromatic heterocycles. The van der Waals surface area contributed by atoms with Crippen LogP contribution in [0.4, 0.5) is 5.69 Å². The van der Waals surface area contributed by atoms with Crippen molar-refractivity contribution in [1.82, 2.24) is 0 Å². The van der Waals surface area contributed by atoms with Gasteiger partial charge in [-0.1, -0.05) is 27.3 Å². The molecule has 0 saturated heterocycles. The molecule has 0 spiro atoms. The number of hydrogen-bond acceptors (Lipinski definition) is 1. The molecule has 0 saturated carbocycles. The Hall–Kier alpha value is -0.980. The fourth-order valence-electron chi connectivity index (χ4n) is 1.18. The normalized spacial score (nSPS) is 9.67. The van der Waals surface area contributed by atoms with Crippen molar-refractivity contribution in [3.63, 3.8) is 0 Å². The van der Waals surface area contributed by atoms with Gasteiger partial charge in [-0.25, -0.2) is 0 Å². The maximum atomic E-state index is 5.70. The zero-order valence-electron chi connectivity index (χ0n) is 7.39. The van der Waals surface area contributed by atoms with Crippen LogP contribution >= 0.6 is 0 Å². The molecule has 1 aromatic rings. The number of nitrogens with two attached hydrogens (primary N) is 1. The molecule has 0 aliphatic heterocycles. The number of rotatable bonds is 1. The van der Waals surface area contributed by atoms with Crippen molar-refractivity contribution in [2.75, 3.05) is 5.73 Å². The first kappa shape index (κ1) is 11.0. The maximum Gasteiger partial charge on any atom is 0.0319 e. The Morgan fingerprint density at radius 1 is 1.17 bits per heavy atom. The lowest BCUT2D eigenvalue weighted by Gasteiger charge is -2.07. The van der Waals surface area contributed by atoms with Crippen molar-refractivity contribution in [1.29, 1.82) is 0 Å². The summed E-state index contributed by atoms with van der Waals surface area (Å²) >= 11 is 0. The van der Waals surface area contributed by atoms with E-state index < -0.39 is 0 Å². The number of benzene rings is 1. The van der Waals surface area contributed by atoms with Gasteiger partial charge in [0.05, 0.1) is 0 Å². The average Bonchev–Trinajstić information content (AvgIpc) is 1.85. The molecule has 0 bridgehead atoms. The van der Waals surface area contributed by atoms with Gasteiger partial charge in [-0.3, -0.25) is 0 Å². The van der Waals surface area contributed by atoms with E-state index in [-0.39, 0.29) is 7.43 Å². The quantitative estimate of drug-likeness (QED) is 0.634. The minimum atomic E-state index is 0. The van der Waals surface area contributed by atoms with E-state index in [0.29, 0.717) is 5.92 Å². The van der Waals surface area contributed by atoms with E-state index in [1.54, 1.807) is 0 Å². The predicted molar refractivity (Wildman–Crippen MR) is 56.4 cm³/mol. The molecule has 0 unspecified atom stereocenters. The Bertz CT molecular complexity index is 231. The maximum absolute atomic E-state index is 5.70.